The lowest BCUT2D eigenvalue weighted by molar-refractivity contribution is -0.136. The average molecular weight is 331 g/mol. The predicted molar refractivity (Wildman–Crippen MR) is 84.8 cm³/mol. The predicted octanol–water partition coefficient (Wildman–Crippen LogP) is 2.62. The number of carbonyl (C=O) groups is 1. The first-order valence-electron chi connectivity index (χ1n) is 8.16. The summed E-state index contributed by atoms with van der Waals surface area (Å²) in [5.74, 6) is 0.566. The van der Waals surface area contributed by atoms with Crippen LogP contribution in [0.3, 0.4) is 0 Å². The van der Waals surface area contributed by atoms with Crippen LogP contribution >= 0.6 is 0 Å². The summed E-state index contributed by atoms with van der Waals surface area (Å²) in [4.78, 5) is 19.0. The summed E-state index contributed by atoms with van der Waals surface area (Å²) in [5.41, 5.74) is 2.02. The van der Waals surface area contributed by atoms with Crippen molar-refractivity contribution >= 4 is 5.97 Å². The van der Waals surface area contributed by atoms with E-state index < -0.39 is 5.97 Å². The van der Waals surface area contributed by atoms with Gasteiger partial charge in [-0.1, -0.05) is 5.16 Å². The largest absolute Gasteiger partial charge is 0.481 e. The highest BCUT2D eigenvalue weighted by Gasteiger charge is 2.24. The molecule has 7 heteroatoms. The second-order valence-corrected chi connectivity index (χ2v) is 6.28. The Morgan fingerprint density at radius 3 is 2.62 bits per heavy atom. The second kappa shape index (κ2) is 7.42. The van der Waals surface area contributed by atoms with Crippen LogP contribution in [-0.2, 0) is 17.6 Å². The summed E-state index contributed by atoms with van der Waals surface area (Å²) < 4.78 is 10.1. The molecule has 1 saturated carbocycles. The Balaban J connectivity index is 1.51. The zero-order valence-corrected chi connectivity index (χ0v) is 13.6. The third-order valence-electron chi connectivity index (χ3n) is 4.58. The minimum absolute atomic E-state index is 0.114. The van der Waals surface area contributed by atoms with Gasteiger partial charge in [0.1, 0.15) is 12.2 Å². The number of rotatable bonds is 6. The molecular weight excluding hydrogens is 310 g/mol. The molecule has 2 heterocycles. The molecule has 1 aliphatic carbocycles. The molecule has 1 N–H and O–H groups in total. The Morgan fingerprint density at radius 1 is 1.29 bits per heavy atom. The molecular formula is C17H21N3O4. The van der Waals surface area contributed by atoms with Crippen LogP contribution in [0.1, 0.15) is 48.6 Å². The Hall–Kier alpha value is -2.44. The molecule has 0 aliphatic heterocycles. The molecule has 0 atom stereocenters. The first-order valence-corrected chi connectivity index (χ1v) is 8.16. The monoisotopic (exact) mass is 331 g/mol. The fraction of sp³-hybridized carbons (Fsp3) is 0.529. The number of methoxy groups -OCH3 is 1. The number of aromatic nitrogens is 3. The van der Waals surface area contributed by atoms with Crippen molar-refractivity contribution in [3.05, 3.63) is 35.5 Å². The maximum absolute atomic E-state index is 10.7. The Labute approximate surface area is 140 Å². The van der Waals surface area contributed by atoms with E-state index >= 15 is 0 Å². The first kappa shape index (κ1) is 16.4. The van der Waals surface area contributed by atoms with Crippen molar-refractivity contribution in [2.45, 2.75) is 44.4 Å². The molecule has 7 nitrogen and oxygen atoms in total. The van der Waals surface area contributed by atoms with Crippen LogP contribution in [0.15, 0.2) is 23.0 Å². The fourth-order valence-electron chi connectivity index (χ4n) is 3.32. The average Bonchev–Trinajstić information content (AvgIpc) is 3.02. The van der Waals surface area contributed by atoms with Crippen LogP contribution in [0.25, 0.3) is 0 Å². The van der Waals surface area contributed by atoms with E-state index in [-0.39, 0.29) is 6.42 Å². The van der Waals surface area contributed by atoms with Gasteiger partial charge in [-0.3, -0.25) is 4.79 Å². The minimum atomic E-state index is -0.903. The smallest absolute Gasteiger partial charge is 0.316 e. The van der Waals surface area contributed by atoms with Crippen molar-refractivity contribution < 1.29 is 19.2 Å². The molecule has 0 saturated heterocycles. The number of aliphatic carboxylic acids is 1. The number of carboxylic acid groups (broad SMARTS) is 1. The molecule has 2 aromatic rings. The lowest BCUT2D eigenvalue weighted by Crippen LogP contribution is -2.15. The van der Waals surface area contributed by atoms with Crippen LogP contribution in [0.4, 0.5) is 0 Å². The number of carboxylic acids is 1. The molecule has 2 aromatic heterocycles. The zero-order chi connectivity index (χ0) is 16.9. The molecule has 128 valence electrons. The van der Waals surface area contributed by atoms with Crippen molar-refractivity contribution in [1.82, 2.24) is 15.1 Å². The van der Waals surface area contributed by atoms with Gasteiger partial charge in [0.25, 0.3) is 0 Å². The van der Waals surface area contributed by atoms with E-state index in [4.69, 9.17) is 14.4 Å². The molecule has 0 aromatic carbocycles. The number of ether oxygens (including phenoxy) is 1. The molecule has 0 amide bonds. The maximum Gasteiger partial charge on any atom is 0.316 e. The van der Waals surface area contributed by atoms with Crippen molar-refractivity contribution in [2.75, 3.05) is 7.11 Å². The van der Waals surface area contributed by atoms with E-state index in [1.54, 1.807) is 13.2 Å². The molecule has 1 aliphatic rings. The summed E-state index contributed by atoms with van der Waals surface area (Å²) >= 11 is 0. The van der Waals surface area contributed by atoms with Gasteiger partial charge in [-0.2, -0.15) is 0 Å². The summed E-state index contributed by atoms with van der Waals surface area (Å²) in [5, 5.41) is 12.7. The van der Waals surface area contributed by atoms with Crippen LogP contribution in [-0.4, -0.2) is 33.3 Å². The standard InChI is InChI=1S/C17H21N3O4/c1-23-17-18-9-13(10-19-17)12-4-2-11(3-5-12)6-14-7-15(24-20-14)8-16(21)22/h7,9-12H,2-6,8H2,1H3,(H,21,22). The summed E-state index contributed by atoms with van der Waals surface area (Å²) in [7, 11) is 1.56. The second-order valence-electron chi connectivity index (χ2n) is 6.28. The number of hydrogen-bond donors (Lipinski definition) is 1. The first-order chi connectivity index (χ1) is 11.6. The maximum atomic E-state index is 10.7. The highest BCUT2D eigenvalue weighted by Crippen LogP contribution is 2.36. The molecule has 0 unspecified atom stereocenters. The fourth-order valence-corrected chi connectivity index (χ4v) is 3.32. The SMILES string of the molecule is COc1ncc(C2CCC(Cc3cc(CC(=O)O)on3)CC2)cn1. The zero-order valence-electron chi connectivity index (χ0n) is 13.6. The van der Waals surface area contributed by atoms with Crippen LogP contribution in [0.2, 0.25) is 0 Å². The highest BCUT2D eigenvalue weighted by atomic mass is 16.5. The van der Waals surface area contributed by atoms with Crippen molar-refractivity contribution in [2.24, 2.45) is 5.92 Å². The normalized spacial score (nSPS) is 20.7. The Kier molecular flexibility index (Phi) is 5.08. The van der Waals surface area contributed by atoms with E-state index in [0.29, 0.717) is 23.6 Å². The molecule has 0 spiro atoms. The van der Waals surface area contributed by atoms with Gasteiger partial charge in [-0.05, 0) is 49.5 Å². The lowest BCUT2D eigenvalue weighted by Gasteiger charge is -2.27. The van der Waals surface area contributed by atoms with Gasteiger partial charge >= 0.3 is 12.0 Å². The summed E-state index contributed by atoms with van der Waals surface area (Å²) in [6.07, 6.45) is 8.85. The van der Waals surface area contributed by atoms with Crippen molar-refractivity contribution in [1.29, 1.82) is 0 Å². The van der Waals surface area contributed by atoms with Gasteiger partial charge in [0, 0.05) is 18.5 Å². The Morgan fingerprint density at radius 2 is 2.00 bits per heavy atom. The van der Waals surface area contributed by atoms with Crippen molar-refractivity contribution in [3.8, 4) is 6.01 Å². The van der Waals surface area contributed by atoms with Crippen LogP contribution in [0.5, 0.6) is 6.01 Å². The van der Waals surface area contributed by atoms with E-state index in [1.807, 2.05) is 12.4 Å². The molecule has 1 fully saturated rings. The minimum Gasteiger partial charge on any atom is -0.481 e. The third kappa shape index (κ3) is 4.10. The van der Waals surface area contributed by atoms with E-state index in [1.165, 1.54) is 5.56 Å². The van der Waals surface area contributed by atoms with Crippen molar-refractivity contribution in [3.63, 3.8) is 0 Å². The summed E-state index contributed by atoms with van der Waals surface area (Å²) in [6, 6.07) is 2.16. The van der Waals surface area contributed by atoms with Crippen LogP contribution < -0.4 is 4.74 Å². The van der Waals surface area contributed by atoms with Gasteiger partial charge < -0.3 is 14.4 Å². The third-order valence-corrected chi connectivity index (χ3v) is 4.58. The summed E-state index contributed by atoms with van der Waals surface area (Å²) in [6.45, 7) is 0. The van der Waals surface area contributed by atoms with Gasteiger partial charge in [-0.15, -0.1) is 0 Å². The van der Waals surface area contributed by atoms with E-state index in [9.17, 15) is 4.79 Å². The van der Waals surface area contributed by atoms with E-state index in [0.717, 1.165) is 37.8 Å². The topological polar surface area (TPSA) is 98.3 Å². The number of nitrogens with zero attached hydrogens (tertiary/aromatic N) is 3. The lowest BCUT2D eigenvalue weighted by atomic mass is 9.78. The quantitative estimate of drug-likeness (QED) is 0.868. The van der Waals surface area contributed by atoms with Gasteiger partial charge in [-0.25, -0.2) is 9.97 Å². The van der Waals surface area contributed by atoms with Gasteiger partial charge in [0.05, 0.1) is 12.8 Å². The Bertz CT molecular complexity index is 675. The highest BCUT2D eigenvalue weighted by molar-refractivity contribution is 5.69. The molecule has 24 heavy (non-hydrogen) atoms. The molecule has 3 rings (SSSR count). The van der Waals surface area contributed by atoms with E-state index in [2.05, 4.69) is 15.1 Å². The molecule has 0 bridgehead atoms. The number of hydrogen-bond acceptors (Lipinski definition) is 6. The van der Waals surface area contributed by atoms with Gasteiger partial charge in [0.15, 0.2) is 0 Å². The molecule has 0 radical (unpaired) electrons. The van der Waals surface area contributed by atoms with Crippen LogP contribution in [0, 0.1) is 5.92 Å². The van der Waals surface area contributed by atoms with Gasteiger partial charge in [0.2, 0.25) is 0 Å².